The summed E-state index contributed by atoms with van der Waals surface area (Å²) < 4.78 is 5.94. The Labute approximate surface area is 362 Å². The topological polar surface area (TPSA) is 95.9 Å². The molecule has 0 radical (unpaired) electrons. The number of carbonyl (C=O) groups excluding carboxylic acids is 2. The van der Waals surface area contributed by atoms with Crippen LogP contribution >= 0.6 is 0 Å². The number of hydrogen-bond donors (Lipinski definition) is 3. The molecule has 0 saturated carbocycles. The zero-order chi connectivity index (χ0) is 42.4. The average molecular weight is 822 g/mol. The summed E-state index contributed by atoms with van der Waals surface area (Å²) in [6.45, 7) is 6.51. The summed E-state index contributed by atoms with van der Waals surface area (Å²) in [4.78, 5) is 26.1. The molecule has 0 aromatic rings. The van der Waals surface area contributed by atoms with Crippen molar-refractivity contribution in [2.75, 3.05) is 6.61 Å². The van der Waals surface area contributed by atoms with E-state index in [0.29, 0.717) is 19.3 Å². The Morgan fingerprint density at radius 3 is 1.05 bits per heavy atom. The van der Waals surface area contributed by atoms with Crippen LogP contribution in [-0.2, 0) is 14.3 Å². The van der Waals surface area contributed by atoms with Gasteiger partial charge in [0.05, 0.1) is 25.2 Å². The molecule has 0 heterocycles. The van der Waals surface area contributed by atoms with E-state index in [1.54, 1.807) is 0 Å². The molecule has 0 saturated heterocycles. The maximum atomic E-state index is 13.2. The second kappa shape index (κ2) is 46.9. The molecule has 6 nitrogen and oxygen atoms in total. The van der Waals surface area contributed by atoms with Crippen molar-refractivity contribution in [3.63, 3.8) is 0 Å². The Morgan fingerprint density at radius 2 is 0.724 bits per heavy atom. The molecule has 3 N–H and O–H groups in total. The van der Waals surface area contributed by atoms with Gasteiger partial charge in [-0.15, -0.1) is 0 Å². The fourth-order valence-electron chi connectivity index (χ4n) is 8.43. The number of aliphatic hydroxyl groups excluding tert-OH is 2. The lowest BCUT2D eigenvalue weighted by Gasteiger charge is -2.24. The van der Waals surface area contributed by atoms with Gasteiger partial charge in [0.1, 0.15) is 6.10 Å². The van der Waals surface area contributed by atoms with Gasteiger partial charge in [-0.25, -0.2) is 0 Å². The quantitative estimate of drug-likeness (QED) is 0.0420. The van der Waals surface area contributed by atoms with Crippen LogP contribution in [0.5, 0.6) is 0 Å². The molecule has 0 aromatic heterocycles. The van der Waals surface area contributed by atoms with Gasteiger partial charge in [-0.05, 0) is 25.7 Å². The van der Waals surface area contributed by atoms with Crippen LogP contribution in [-0.4, -0.2) is 46.9 Å². The smallest absolute Gasteiger partial charge is 0.306 e. The summed E-state index contributed by atoms with van der Waals surface area (Å²) in [6.07, 6.45) is 50.1. The molecule has 0 spiro atoms. The van der Waals surface area contributed by atoms with Gasteiger partial charge in [-0.1, -0.05) is 258 Å². The Kier molecular flexibility index (Phi) is 46.0. The number of esters is 1. The average Bonchev–Trinajstić information content (AvgIpc) is 3.22. The van der Waals surface area contributed by atoms with Crippen molar-refractivity contribution in [1.29, 1.82) is 0 Å². The number of hydrogen-bond acceptors (Lipinski definition) is 5. The highest BCUT2D eigenvalue weighted by Crippen LogP contribution is 2.19. The number of rotatable bonds is 48. The van der Waals surface area contributed by atoms with Crippen molar-refractivity contribution >= 4 is 11.9 Å². The minimum atomic E-state index is -0.778. The molecule has 0 fully saturated rings. The van der Waals surface area contributed by atoms with E-state index < -0.39 is 18.2 Å². The molecular formula is C52H103NO5. The van der Waals surface area contributed by atoms with E-state index in [-0.39, 0.29) is 24.9 Å². The Bertz CT molecular complexity index is 837. The van der Waals surface area contributed by atoms with Crippen molar-refractivity contribution in [2.45, 2.75) is 315 Å². The number of ether oxygens (including phenoxy) is 1. The molecule has 0 aromatic carbocycles. The number of amides is 1. The van der Waals surface area contributed by atoms with E-state index in [9.17, 15) is 19.8 Å². The van der Waals surface area contributed by atoms with Gasteiger partial charge in [0.2, 0.25) is 5.91 Å². The van der Waals surface area contributed by atoms with E-state index in [4.69, 9.17) is 4.74 Å². The largest absolute Gasteiger partial charge is 0.462 e. The summed E-state index contributed by atoms with van der Waals surface area (Å²) in [7, 11) is 0. The van der Waals surface area contributed by atoms with E-state index >= 15 is 0 Å². The predicted octanol–water partition coefficient (Wildman–Crippen LogP) is 15.6. The molecule has 3 unspecified atom stereocenters. The molecule has 3 atom stereocenters. The molecule has 6 heteroatoms. The third kappa shape index (κ3) is 41.6. The second-order valence-electron chi connectivity index (χ2n) is 18.3. The maximum Gasteiger partial charge on any atom is 0.306 e. The summed E-state index contributed by atoms with van der Waals surface area (Å²) in [6, 6.07) is -0.691. The lowest BCUT2D eigenvalue weighted by Crippen LogP contribution is -2.46. The molecule has 1 amide bonds. The Morgan fingerprint density at radius 1 is 0.431 bits per heavy atom. The van der Waals surface area contributed by atoms with Gasteiger partial charge >= 0.3 is 5.97 Å². The summed E-state index contributed by atoms with van der Waals surface area (Å²) in [5.41, 5.74) is 0. The van der Waals surface area contributed by atoms with Gasteiger partial charge in [0.25, 0.3) is 0 Å². The molecule has 0 aliphatic carbocycles. The second-order valence-corrected chi connectivity index (χ2v) is 18.3. The molecule has 0 aliphatic heterocycles. The van der Waals surface area contributed by atoms with Gasteiger partial charge in [-0.3, -0.25) is 9.59 Å². The lowest BCUT2D eigenvalue weighted by atomic mass is 10.0. The number of aliphatic hydroxyl groups is 2. The first-order valence-electron chi connectivity index (χ1n) is 26.3. The molecular weight excluding hydrogens is 719 g/mol. The molecule has 346 valence electrons. The minimum absolute atomic E-state index is 0.0879. The molecule has 58 heavy (non-hydrogen) atoms. The van der Waals surface area contributed by atoms with E-state index in [1.807, 2.05) is 0 Å². The third-order valence-corrected chi connectivity index (χ3v) is 12.4. The zero-order valence-electron chi connectivity index (χ0n) is 39.5. The lowest BCUT2D eigenvalue weighted by molar-refractivity contribution is -0.151. The van der Waals surface area contributed by atoms with Crippen molar-refractivity contribution in [2.24, 2.45) is 0 Å². The van der Waals surface area contributed by atoms with E-state index in [1.165, 1.54) is 212 Å². The number of unbranched alkanes of at least 4 members (excludes halogenated alkanes) is 36. The molecule has 0 rings (SSSR count). The van der Waals surface area contributed by atoms with Gasteiger partial charge in [0, 0.05) is 6.42 Å². The first-order valence-corrected chi connectivity index (χ1v) is 26.3. The maximum absolute atomic E-state index is 13.2. The van der Waals surface area contributed by atoms with Crippen LogP contribution in [0.25, 0.3) is 0 Å². The van der Waals surface area contributed by atoms with Crippen LogP contribution in [0.4, 0.5) is 0 Å². The first kappa shape index (κ1) is 56.9. The summed E-state index contributed by atoms with van der Waals surface area (Å²) >= 11 is 0. The Balaban J connectivity index is 4.51. The fraction of sp³-hybridized carbons (Fsp3) is 0.962. The molecule has 0 bridgehead atoms. The van der Waals surface area contributed by atoms with Gasteiger partial charge in [-0.2, -0.15) is 0 Å². The molecule has 0 aliphatic rings. The van der Waals surface area contributed by atoms with Gasteiger partial charge < -0.3 is 20.3 Å². The van der Waals surface area contributed by atoms with Crippen LogP contribution < -0.4 is 5.32 Å². The van der Waals surface area contributed by atoms with Crippen molar-refractivity contribution in [3.05, 3.63) is 0 Å². The SMILES string of the molecule is CCCCCCCCCCCCCCCCC(=O)OC(CCCCCCCCCCCCCCC)CC(=O)NC(CO)C(O)CCCCCCCCCCCCCC. The monoisotopic (exact) mass is 822 g/mol. The highest BCUT2D eigenvalue weighted by atomic mass is 16.5. The highest BCUT2D eigenvalue weighted by Gasteiger charge is 2.24. The number of nitrogens with one attached hydrogen (secondary N) is 1. The standard InChI is InChI=1S/C52H103NO5/c1-4-7-10-13-16-19-22-25-27-30-33-36-39-42-45-52(57)58-48(43-40-37-34-31-28-26-23-20-17-14-11-8-5-2)46-51(56)53-49(47-54)50(55)44-41-38-35-32-29-24-21-18-15-12-9-6-3/h48-50,54-55H,4-47H2,1-3H3,(H,53,56). The van der Waals surface area contributed by atoms with Crippen LogP contribution in [0.1, 0.15) is 297 Å². The normalized spacial score (nSPS) is 13.1. The van der Waals surface area contributed by atoms with Crippen molar-refractivity contribution < 1.29 is 24.5 Å². The van der Waals surface area contributed by atoms with E-state index in [2.05, 4.69) is 26.1 Å². The predicted molar refractivity (Wildman–Crippen MR) is 250 cm³/mol. The van der Waals surface area contributed by atoms with Crippen molar-refractivity contribution in [3.8, 4) is 0 Å². The Hall–Kier alpha value is -1.14. The van der Waals surface area contributed by atoms with Crippen molar-refractivity contribution in [1.82, 2.24) is 5.32 Å². The van der Waals surface area contributed by atoms with Crippen LogP contribution in [0.2, 0.25) is 0 Å². The van der Waals surface area contributed by atoms with Crippen LogP contribution in [0.15, 0.2) is 0 Å². The summed E-state index contributed by atoms with van der Waals surface area (Å²) in [5, 5.41) is 23.8. The minimum Gasteiger partial charge on any atom is -0.462 e. The highest BCUT2D eigenvalue weighted by molar-refractivity contribution is 5.77. The van der Waals surface area contributed by atoms with Gasteiger partial charge in [0.15, 0.2) is 0 Å². The third-order valence-electron chi connectivity index (χ3n) is 12.4. The van der Waals surface area contributed by atoms with Crippen LogP contribution in [0.3, 0.4) is 0 Å². The number of carbonyl (C=O) groups is 2. The zero-order valence-corrected chi connectivity index (χ0v) is 39.5. The summed E-state index contributed by atoms with van der Waals surface area (Å²) in [5.74, 6) is -0.450. The fourth-order valence-corrected chi connectivity index (χ4v) is 8.43. The first-order chi connectivity index (χ1) is 28.5. The van der Waals surface area contributed by atoms with E-state index in [0.717, 1.165) is 38.5 Å². The van der Waals surface area contributed by atoms with Crippen LogP contribution in [0, 0.1) is 0 Å².